The van der Waals surface area contributed by atoms with Crippen molar-refractivity contribution >= 4 is 26.0 Å². The average Bonchev–Trinajstić information content (AvgIpc) is 2.24. The number of halogens is 2. The fourth-order valence-electron chi connectivity index (χ4n) is 1.41. The largest absolute Gasteiger partial charge is 0.245 e. The average molecular weight is 338 g/mol. The summed E-state index contributed by atoms with van der Waals surface area (Å²) in [6.45, 7) is 4.41. The van der Waals surface area contributed by atoms with Gasteiger partial charge in [0.25, 0.3) is 0 Å². The molecule has 0 aliphatic heterocycles. The van der Waals surface area contributed by atoms with Crippen molar-refractivity contribution in [3.63, 3.8) is 0 Å². The van der Waals surface area contributed by atoms with Crippen LogP contribution < -0.4 is 0 Å². The van der Waals surface area contributed by atoms with Crippen molar-refractivity contribution < 1.29 is 12.8 Å². The van der Waals surface area contributed by atoms with E-state index >= 15 is 0 Å². The number of sulfonamides is 1. The molecule has 1 rings (SSSR count). The molecule has 0 fully saturated rings. The number of hydrogen-bond acceptors (Lipinski definition) is 2. The molecular formula is C12H17BrFNO2S. The van der Waals surface area contributed by atoms with Crippen LogP contribution in [0.15, 0.2) is 27.6 Å². The number of hydrogen-bond donors (Lipinski definition) is 0. The van der Waals surface area contributed by atoms with Crippen LogP contribution in [0.4, 0.5) is 4.39 Å². The number of nitrogens with zero attached hydrogens (tertiary/aromatic N) is 1. The van der Waals surface area contributed by atoms with Crippen molar-refractivity contribution in [2.45, 2.75) is 25.2 Å². The lowest BCUT2D eigenvalue weighted by atomic mass is 10.1. The van der Waals surface area contributed by atoms with Gasteiger partial charge in [-0.15, -0.1) is 0 Å². The van der Waals surface area contributed by atoms with E-state index in [0.717, 1.165) is 12.5 Å². The molecule has 3 nitrogen and oxygen atoms in total. The van der Waals surface area contributed by atoms with Crippen molar-refractivity contribution in [3.05, 3.63) is 28.5 Å². The summed E-state index contributed by atoms with van der Waals surface area (Å²) in [5.41, 5.74) is 0. The van der Waals surface area contributed by atoms with Crippen LogP contribution in [-0.2, 0) is 10.0 Å². The molecule has 0 aliphatic carbocycles. The Labute approximate surface area is 116 Å². The molecule has 0 unspecified atom stereocenters. The van der Waals surface area contributed by atoms with Gasteiger partial charge in [0.15, 0.2) is 0 Å². The lowest BCUT2D eigenvalue weighted by Crippen LogP contribution is -2.29. The maximum absolute atomic E-state index is 13.7. The second kappa shape index (κ2) is 6.12. The van der Waals surface area contributed by atoms with Crippen LogP contribution >= 0.6 is 15.9 Å². The highest BCUT2D eigenvalue weighted by molar-refractivity contribution is 9.10. The highest BCUT2D eigenvalue weighted by Gasteiger charge is 2.24. The summed E-state index contributed by atoms with van der Waals surface area (Å²) in [6, 6.07) is 3.95. The van der Waals surface area contributed by atoms with Crippen molar-refractivity contribution in [2.24, 2.45) is 5.92 Å². The second-order valence-corrected chi connectivity index (χ2v) is 7.51. The maximum atomic E-state index is 13.7. The predicted octanol–water partition coefficient (Wildman–Crippen LogP) is 3.25. The van der Waals surface area contributed by atoms with E-state index in [1.54, 1.807) is 0 Å². The van der Waals surface area contributed by atoms with Gasteiger partial charge in [-0.2, -0.15) is 0 Å². The first-order valence-electron chi connectivity index (χ1n) is 5.66. The Morgan fingerprint density at radius 2 is 2.00 bits per heavy atom. The third-order valence-corrected chi connectivity index (χ3v) is 4.99. The summed E-state index contributed by atoms with van der Waals surface area (Å²) in [7, 11) is -2.27. The van der Waals surface area contributed by atoms with Crippen molar-refractivity contribution in [1.29, 1.82) is 0 Å². The minimum absolute atomic E-state index is 0.281. The van der Waals surface area contributed by atoms with Crippen LogP contribution in [0, 0.1) is 11.7 Å². The number of benzene rings is 1. The van der Waals surface area contributed by atoms with Gasteiger partial charge in [0.05, 0.1) is 0 Å². The van der Waals surface area contributed by atoms with Gasteiger partial charge >= 0.3 is 0 Å². The Morgan fingerprint density at radius 1 is 1.39 bits per heavy atom. The normalized spacial score (nSPS) is 12.4. The number of rotatable bonds is 5. The van der Waals surface area contributed by atoms with Crippen LogP contribution in [-0.4, -0.2) is 26.3 Å². The predicted molar refractivity (Wildman–Crippen MR) is 73.4 cm³/mol. The van der Waals surface area contributed by atoms with Gasteiger partial charge in [-0.3, -0.25) is 0 Å². The van der Waals surface area contributed by atoms with Crippen LogP contribution in [0.3, 0.4) is 0 Å². The zero-order chi connectivity index (χ0) is 13.9. The van der Waals surface area contributed by atoms with E-state index < -0.39 is 15.8 Å². The molecule has 0 radical (unpaired) electrons. The summed E-state index contributed by atoms with van der Waals surface area (Å²) in [4.78, 5) is -0.281. The fourth-order valence-corrected chi connectivity index (χ4v) is 2.97. The zero-order valence-electron chi connectivity index (χ0n) is 10.7. The Hall–Kier alpha value is -0.460. The van der Waals surface area contributed by atoms with E-state index in [4.69, 9.17) is 0 Å². The monoisotopic (exact) mass is 337 g/mol. The van der Waals surface area contributed by atoms with E-state index in [2.05, 4.69) is 15.9 Å². The van der Waals surface area contributed by atoms with Crippen LogP contribution in [0.5, 0.6) is 0 Å². The first kappa shape index (κ1) is 15.6. The molecule has 0 aromatic heterocycles. The van der Waals surface area contributed by atoms with Crippen LogP contribution in [0.1, 0.15) is 20.3 Å². The summed E-state index contributed by atoms with van der Waals surface area (Å²) in [6.07, 6.45) is 0.744. The smallest absolute Gasteiger partial charge is 0.207 e. The lowest BCUT2D eigenvalue weighted by Gasteiger charge is -2.18. The van der Waals surface area contributed by atoms with Crippen LogP contribution in [0.2, 0.25) is 0 Å². The Morgan fingerprint density at radius 3 is 2.50 bits per heavy atom. The van der Waals surface area contributed by atoms with Crippen LogP contribution in [0.25, 0.3) is 0 Å². The molecule has 102 valence electrons. The molecule has 0 amide bonds. The van der Waals surface area contributed by atoms with Gasteiger partial charge in [0.1, 0.15) is 10.7 Å². The van der Waals surface area contributed by atoms with E-state index in [1.807, 2.05) is 13.8 Å². The summed E-state index contributed by atoms with van der Waals surface area (Å²) >= 11 is 3.10. The molecule has 0 spiro atoms. The maximum Gasteiger partial charge on any atom is 0.245 e. The summed E-state index contributed by atoms with van der Waals surface area (Å²) < 4.78 is 39.7. The molecule has 0 N–H and O–H groups in total. The molecule has 6 heteroatoms. The van der Waals surface area contributed by atoms with Gasteiger partial charge in [0, 0.05) is 18.1 Å². The van der Waals surface area contributed by atoms with Crippen molar-refractivity contribution in [2.75, 3.05) is 13.6 Å². The molecule has 0 saturated carbocycles. The minimum atomic E-state index is -3.74. The minimum Gasteiger partial charge on any atom is -0.207 e. The highest BCUT2D eigenvalue weighted by Crippen LogP contribution is 2.22. The third kappa shape index (κ3) is 3.76. The Balaban J connectivity index is 2.98. The fraction of sp³-hybridized carbons (Fsp3) is 0.500. The lowest BCUT2D eigenvalue weighted by molar-refractivity contribution is 0.424. The van der Waals surface area contributed by atoms with E-state index in [0.29, 0.717) is 16.9 Å². The Kier molecular flexibility index (Phi) is 5.31. The van der Waals surface area contributed by atoms with E-state index in [-0.39, 0.29) is 4.90 Å². The van der Waals surface area contributed by atoms with Gasteiger partial charge < -0.3 is 0 Å². The van der Waals surface area contributed by atoms with Gasteiger partial charge in [-0.1, -0.05) is 29.8 Å². The third-order valence-electron chi connectivity index (χ3n) is 2.60. The molecule has 0 aliphatic rings. The standard InChI is InChI=1S/C12H17BrFNO2S/c1-9(2)6-7-15(3)18(16,17)12-5-4-10(13)8-11(12)14/h4-5,8-9H,6-7H2,1-3H3. The first-order valence-corrected chi connectivity index (χ1v) is 7.90. The zero-order valence-corrected chi connectivity index (χ0v) is 13.1. The van der Waals surface area contributed by atoms with Crippen molar-refractivity contribution in [1.82, 2.24) is 4.31 Å². The first-order chi connectivity index (χ1) is 8.25. The Bertz CT molecular complexity index is 517. The molecule has 1 aromatic rings. The molecule has 0 bridgehead atoms. The van der Waals surface area contributed by atoms with Gasteiger partial charge in [-0.25, -0.2) is 17.1 Å². The topological polar surface area (TPSA) is 37.4 Å². The van der Waals surface area contributed by atoms with Gasteiger partial charge in [-0.05, 0) is 30.5 Å². The highest BCUT2D eigenvalue weighted by atomic mass is 79.9. The van der Waals surface area contributed by atoms with E-state index in [9.17, 15) is 12.8 Å². The van der Waals surface area contributed by atoms with Gasteiger partial charge in [0.2, 0.25) is 10.0 Å². The molecule has 18 heavy (non-hydrogen) atoms. The molecule has 0 saturated heterocycles. The molecule has 1 aromatic carbocycles. The molecule has 0 heterocycles. The quantitative estimate of drug-likeness (QED) is 0.826. The second-order valence-electron chi connectivity index (χ2n) is 4.58. The van der Waals surface area contributed by atoms with Crippen molar-refractivity contribution in [3.8, 4) is 0 Å². The summed E-state index contributed by atoms with van der Waals surface area (Å²) in [5, 5.41) is 0. The summed E-state index contributed by atoms with van der Waals surface area (Å²) in [5.74, 6) is -0.335. The molecular weight excluding hydrogens is 321 g/mol. The molecule has 0 atom stereocenters. The van der Waals surface area contributed by atoms with E-state index in [1.165, 1.54) is 23.5 Å². The SMILES string of the molecule is CC(C)CCN(C)S(=O)(=O)c1ccc(Br)cc1F.